The Bertz CT molecular complexity index is 439. The van der Waals surface area contributed by atoms with Crippen molar-refractivity contribution in [1.29, 1.82) is 0 Å². The van der Waals surface area contributed by atoms with E-state index in [-0.39, 0.29) is 19.3 Å². The average Bonchev–Trinajstić information content (AvgIpc) is 2.31. The fraction of sp³-hybridized carbons (Fsp3) is 0.333. The van der Waals surface area contributed by atoms with Crippen LogP contribution in [0.25, 0.3) is 0 Å². The second-order valence-electron chi connectivity index (χ2n) is 3.85. The first-order valence-corrected chi connectivity index (χ1v) is 5.76. The highest BCUT2D eigenvalue weighted by molar-refractivity contribution is 6.30. The Morgan fingerprint density at radius 3 is 2.89 bits per heavy atom. The highest BCUT2D eigenvalue weighted by Crippen LogP contribution is 2.17. The van der Waals surface area contributed by atoms with Crippen molar-refractivity contribution in [3.8, 4) is 0 Å². The van der Waals surface area contributed by atoms with Crippen molar-refractivity contribution in [1.82, 2.24) is 5.32 Å². The number of carbonyl (C=O) groups excluding carboxylic acids is 1. The molecule has 0 aliphatic rings. The van der Waals surface area contributed by atoms with E-state index in [1.807, 2.05) is 0 Å². The fourth-order valence-electron chi connectivity index (χ4n) is 1.60. The van der Waals surface area contributed by atoms with E-state index in [0.29, 0.717) is 17.0 Å². The maximum Gasteiger partial charge on any atom is 0.303 e. The van der Waals surface area contributed by atoms with E-state index in [1.165, 1.54) is 18.2 Å². The van der Waals surface area contributed by atoms with Gasteiger partial charge in [-0.2, -0.15) is 0 Å². The molecular formula is C12H13ClFNO3. The topological polar surface area (TPSA) is 66.4 Å². The van der Waals surface area contributed by atoms with Crippen molar-refractivity contribution >= 4 is 24.0 Å². The molecule has 4 nitrogen and oxygen atoms in total. The molecule has 0 heterocycles. The van der Waals surface area contributed by atoms with E-state index in [9.17, 15) is 14.0 Å². The van der Waals surface area contributed by atoms with Gasteiger partial charge < -0.3 is 10.4 Å². The first kappa shape index (κ1) is 14.4. The highest BCUT2D eigenvalue weighted by Gasteiger charge is 2.13. The lowest BCUT2D eigenvalue weighted by atomic mass is 10.0. The van der Waals surface area contributed by atoms with Gasteiger partial charge in [0.2, 0.25) is 6.41 Å². The van der Waals surface area contributed by atoms with Crippen LogP contribution in [0.5, 0.6) is 0 Å². The molecule has 0 aromatic heterocycles. The summed E-state index contributed by atoms with van der Waals surface area (Å²) in [6, 6.07) is 3.72. The van der Waals surface area contributed by atoms with Crippen LogP contribution in [0.15, 0.2) is 18.2 Å². The summed E-state index contributed by atoms with van der Waals surface area (Å²) in [4.78, 5) is 20.9. The van der Waals surface area contributed by atoms with E-state index in [2.05, 4.69) is 5.32 Å². The summed E-state index contributed by atoms with van der Waals surface area (Å²) in [7, 11) is 0. The molecule has 1 atom stereocenters. The summed E-state index contributed by atoms with van der Waals surface area (Å²) in [6.07, 6.45) is 0.834. The standard InChI is InChI=1S/C12H13ClFNO3/c13-9-1-3-11(14)8(5-9)6-10(15-7-16)2-4-12(17)18/h1,3,5,7,10H,2,4,6H2,(H,15,16)(H,17,18). The minimum Gasteiger partial charge on any atom is -0.481 e. The fourth-order valence-corrected chi connectivity index (χ4v) is 1.80. The van der Waals surface area contributed by atoms with Crippen LogP contribution in [0.4, 0.5) is 4.39 Å². The molecule has 0 aliphatic carbocycles. The van der Waals surface area contributed by atoms with Gasteiger partial charge in [0.15, 0.2) is 0 Å². The number of benzene rings is 1. The Balaban J connectivity index is 2.72. The molecule has 1 aromatic rings. The van der Waals surface area contributed by atoms with Gasteiger partial charge in [0.1, 0.15) is 5.82 Å². The number of carboxylic acid groups (broad SMARTS) is 1. The maximum atomic E-state index is 13.5. The van der Waals surface area contributed by atoms with Crippen LogP contribution in [-0.4, -0.2) is 23.5 Å². The van der Waals surface area contributed by atoms with Crippen molar-refractivity contribution in [2.24, 2.45) is 0 Å². The van der Waals surface area contributed by atoms with Gasteiger partial charge in [-0.1, -0.05) is 11.6 Å². The summed E-state index contributed by atoms with van der Waals surface area (Å²) in [5.74, 6) is -1.38. The maximum absolute atomic E-state index is 13.5. The average molecular weight is 274 g/mol. The van der Waals surface area contributed by atoms with Crippen LogP contribution < -0.4 is 5.32 Å². The third-order valence-corrected chi connectivity index (χ3v) is 2.72. The molecule has 0 saturated heterocycles. The number of halogens is 2. The van der Waals surface area contributed by atoms with Crippen molar-refractivity contribution in [3.05, 3.63) is 34.6 Å². The molecule has 1 rings (SSSR count). The van der Waals surface area contributed by atoms with Crippen LogP contribution in [-0.2, 0) is 16.0 Å². The Kier molecular flexibility index (Phi) is 5.58. The molecule has 18 heavy (non-hydrogen) atoms. The zero-order chi connectivity index (χ0) is 13.5. The Labute approximate surface area is 109 Å². The monoisotopic (exact) mass is 273 g/mol. The Hall–Kier alpha value is -1.62. The SMILES string of the molecule is O=CNC(CCC(=O)O)Cc1cc(Cl)ccc1F. The minimum atomic E-state index is -0.959. The molecule has 2 N–H and O–H groups in total. The number of carbonyl (C=O) groups is 2. The first-order chi connectivity index (χ1) is 8.52. The van der Waals surface area contributed by atoms with E-state index in [0.717, 1.165) is 0 Å². The van der Waals surface area contributed by atoms with E-state index >= 15 is 0 Å². The summed E-state index contributed by atoms with van der Waals surface area (Å²) in [6.45, 7) is 0. The minimum absolute atomic E-state index is 0.0896. The van der Waals surface area contributed by atoms with Crippen LogP contribution in [0.3, 0.4) is 0 Å². The number of nitrogens with one attached hydrogen (secondary N) is 1. The molecular weight excluding hydrogens is 261 g/mol. The number of amides is 1. The highest BCUT2D eigenvalue weighted by atomic mass is 35.5. The quantitative estimate of drug-likeness (QED) is 0.747. The smallest absolute Gasteiger partial charge is 0.303 e. The van der Waals surface area contributed by atoms with Gasteiger partial charge in [-0.3, -0.25) is 9.59 Å². The lowest BCUT2D eigenvalue weighted by Crippen LogP contribution is -2.30. The van der Waals surface area contributed by atoms with Gasteiger partial charge in [-0.25, -0.2) is 4.39 Å². The molecule has 1 amide bonds. The molecule has 1 aromatic carbocycles. The van der Waals surface area contributed by atoms with E-state index in [4.69, 9.17) is 16.7 Å². The third-order valence-electron chi connectivity index (χ3n) is 2.48. The van der Waals surface area contributed by atoms with Crippen molar-refractivity contribution < 1.29 is 19.1 Å². The van der Waals surface area contributed by atoms with Crippen LogP contribution in [0.2, 0.25) is 5.02 Å². The Morgan fingerprint density at radius 2 is 2.28 bits per heavy atom. The second kappa shape index (κ2) is 6.96. The summed E-state index contributed by atoms with van der Waals surface area (Å²) < 4.78 is 13.5. The van der Waals surface area contributed by atoms with Gasteiger partial charge in [0.25, 0.3) is 0 Å². The van der Waals surface area contributed by atoms with Gasteiger partial charge in [-0.15, -0.1) is 0 Å². The second-order valence-corrected chi connectivity index (χ2v) is 4.29. The van der Waals surface area contributed by atoms with E-state index in [1.54, 1.807) is 0 Å². The number of carboxylic acids is 1. The van der Waals surface area contributed by atoms with Gasteiger partial charge in [-0.05, 0) is 36.6 Å². The lowest BCUT2D eigenvalue weighted by molar-refractivity contribution is -0.137. The molecule has 0 saturated carbocycles. The van der Waals surface area contributed by atoms with Crippen molar-refractivity contribution in [2.45, 2.75) is 25.3 Å². The summed E-state index contributed by atoms with van der Waals surface area (Å²) in [5, 5.41) is 11.5. The molecule has 0 bridgehead atoms. The normalized spacial score (nSPS) is 11.9. The summed E-state index contributed by atoms with van der Waals surface area (Å²) in [5.41, 5.74) is 0.354. The molecule has 0 spiro atoms. The zero-order valence-electron chi connectivity index (χ0n) is 9.53. The molecule has 0 fully saturated rings. The molecule has 1 unspecified atom stereocenters. The third kappa shape index (κ3) is 4.71. The largest absolute Gasteiger partial charge is 0.481 e. The van der Waals surface area contributed by atoms with Gasteiger partial charge in [0, 0.05) is 17.5 Å². The zero-order valence-corrected chi connectivity index (χ0v) is 10.3. The summed E-state index contributed by atoms with van der Waals surface area (Å²) >= 11 is 5.75. The van der Waals surface area contributed by atoms with Gasteiger partial charge >= 0.3 is 5.97 Å². The molecule has 0 aliphatic heterocycles. The van der Waals surface area contributed by atoms with Crippen LogP contribution in [0, 0.1) is 5.82 Å². The van der Waals surface area contributed by atoms with Crippen LogP contribution in [0.1, 0.15) is 18.4 Å². The predicted octanol–water partition coefficient (Wildman–Crippen LogP) is 2.00. The predicted molar refractivity (Wildman–Crippen MR) is 65.0 cm³/mol. The van der Waals surface area contributed by atoms with Crippen molar-refractivity contribution in [2.75, 3.05) is 0 Å². The van der Waals surface area contributed by atoms with Gasteiger partial charge in [0.05, 0.1) is 0 Å². The number of aliphatic carboxylic acids is 1. The number of hydrogen-bond acceptors (Lipinski definition) is 2. The van der Waals surface area contributed by atoms with E-state index < -0.39 is 17.8 Å². The lowest BCUT2D eigenvalue weighted by Gasteiger charge is -2.15. The molecule has 0 radical (unpaired) electrons. The van der Waals surface area contributed by atoms with Crippen molar-refractivity contribution in [3.63, 3.8) is 0 Å². The molecule has 98 valence electrons. The number of rotatable bonds is 7. The Morgan fingerprint density at radius 1 is 1.56 bits per heavy atom. The number of hydrogen-bond donors (Lipinski definition) is 2. The first-order valence-electron chi connectivity index (χ1n) is 5.38. The molecule has 6 heteroatoms. The van der Waals surface area contributed by atoms with Crippen LogP contribution >= 0.6 is 11.6 Å².